The Morgan fingerprint density at radius 2 is 2.24 bits per heavy atom. The zero-order valence-electron chi connectivity index (χ0n) is 9.10. The molecule has 0 aliphatic heterocycles. The molecule has 0 fully saturated rings. The number of hydrogen-bond acceptors (Lipinski definition) is 4. The summed E-state index contributed by atoms with van der Waals surface area (Å²) in [6.07, 6.45) is 3.11. The number of aliphatic hydroxyl groups excluding tert-OH is 1. The second-order valence-corrected chi connectivity index (χ2v) is 5.10. The van der Waals surface area contributed by atoms with Crippen molar-refractivity contribution in [2.75, 3.05) is 6.61 Å². The molecular formula is C11H13NO4S. The van der Waals surface area contributed by atoms with E-state index < -0.39 is 24.5 Å². The van der Waals surface area contributed by atoms with Gasteiger partial charge in [-0.25, -0.2) is 4.79 Å². The number of carboxylic acids is 1. The summed E-state index contributed by atoms with van der Waals surface area (Å²) in [4.78, 5) is 24.2. The minimum absolute atomic E-state index is 0.425. The number of carbonyl (C=O) groups is 2. The van der Waals surface area contributed by atoms with Gasteiger partial charge in [-0.1, -0.05) is 0 Å². The number of rotatable bonds is 4. The number of carboxylic acid groups (broad SMARTS) is 1. The minimum Gasteiger partial charge on any atom is -0.480 e. The number of thiophene rings is 1. The quantitative estimate of drug-likeness (QED) is 0.727. The second-order valence-electron chi connectivity index (χ2n) is 3.96. The Labute approximate surface area is 102 Å². The summed E-state index contributed by atoms with van der Waals surface area (Å²) >= 11 is 1.41. The molecule has 1 amide bonds. The third kappa shape index (κ3) is 2.48. The molecule has 0 aromatic carbocycles. The van der Waals surface area contributed by atoms with Crippen LogP contribution in [0.5, 0.6) is 0 Å². The average molecular weight is 255 g/mol. The molecule has 5 nitrogen and oxygen atoms in total. The third-order valence-corrected chi connectivity index (χ3v) is 3.99. The Morgan fingerprint density at radius 1 is 1.47 bits per heavy atom. The van der Waals surface area contributed by atoms with Gasteiger partial charge >= 0.3 is 5.97 Å². The van der Waals surface area contributed by atoms with Crippen LogP contribution in [0.25, 0.3) is 0 Å². The van der Waals surface area contributed by atoms with E-state index in [9.17, 15) is 9.59 Å². The van der Waals surface area contributed by atoms with Gasteiger partial charge in [0.15, 0.2) is 6.04 Å². The van der Waals surface area contributed by atoms with E-state index in [2.05, 4.69) is 5.32 Å². The number of aliphatic carboxylic acids is 1. The van der Waals surface area contributed by atoms with Gasteiger partial charge in [0.1, 0.15) is 0 Å². The Hall–Kier alpha value is -1.40. The van der Waals surface area contributed by atoms with E-state index in [0.717, 1.165) is 19.3 Å². The molecule has 3 N–H and O–H groups in total. The predicted molar refractivity (Wildman–Crippen MR) is 62.3 cm³/mol. The summed E-state index contributed by atoms with van der Waals surface area (Å²) in [5, 5.41) is 19.8. The van der Waals surface area contributed by atoms with Crippen molar-refractivity contribution < 1.29 is 19.8 Å². The average Bonchev–Trinajstić information content (AvgIpc) is 2.84. The van der Waals surface area contributed by atoms with E-state index in [1.807, 2.05) is 6.07 Å². The number of aliphatic hydroxyl groups is 1. The summed E-state index contributed by atoms with van der Waals surface area (Å²) in [7, 11) is 0. The van der Waals surface area contributed by atoms with Gasteiger partial charge in [0.2, 0.25) is 0 Å². The molecular weight excluding hydrogens is 242 g/mol. The van der Waals surface area contributed by atoms with Crippen molar-refractivity contribution >= 4 is 23.2 Å². The lowest BCUT2D eigenvalue weighted by atomic mass is 10.2. The van der Waals surface area contributed by atoms with Crippen LogP contribution in [-0.2, 0) is 17.6 Å². The lowest BCUT2D eigenvalue weighted by Gasteiger charge is -2.10. The zero-order valence-corrected chi connectivity index (χ0v) is 9.92. The lowest BCUT2D eigenvalue weighted by molar-refractivity contribution is -0.140. The van der Waals surface area contributed by atoms with E-state index in [1.165, 1.54) is 21.8 Å². The van der Waals surface area contributed by atoms with Crippen molar-refractivity contribution in [2.45, 2.75) is 25.3 Å². The first-order valence-corrected chi connectivity index (χ1v) is 6.19. The summed E-state index contributed by atoms with van der Waals surface area (Å²) in [5.74, 6) is -1.66. The minimum atomic E-state index is -1.24. The predicted octanol–water partition coefficient (Wildman–Crippen LogP) is 0.412. The Bertz CT molecular complexity index is 433. The molecule has 0 spiro atoms. The third-order valence-electron chi connectivity index (χ3n) is 2.76. The smallest absolute Gasteiger partial charge is 0.328 e. The van der Waals surface area contributed by atoms with Crippen LogP contribution in [0.4, 0.5) is 0 Å². The summed E-state index contributed by atoms with van der Waals surface area (Å²) in [6, 6.07) is 0.581. The van der Waals surface area contributed by atoms with E-state index in [1.54, 1.807) is 0 Å². The van der Waals surface area contributed by atoms with Crippen LogP contribution < -0.4 is 5.32 Å². The summed E-state index contributed by atoms with van der Waals surface area (Å²) in [5.41, 5.74) is 1.19. The molecule has 1 aromatic rings. The molecule has 17 heavy (non-hydrogen) atoms. The molecule has 92 valence electrons. The number of fused-ring (bicyclic) bond motifs is 1. The maximum absolute atomic E-state index is 11.7. The number of aryl methyl sites for hydroxylation is 2. The van der Waals surface area contributed by atoms with Gasteiger partial charge in [0.25, 0.3) is 5.91 Å². The van der Waals surface area contributed by atoms with Crippen LogP contribution in [0.15, 0.2) is 6.07 Å². The molecule has 1 unspecified atom stereocenters. The molecule has 1 aromatic heterocycles. The SMILES string of the molecule is O=C(NC(CO)C(=O)O)c1cc2c(s1)CCC2. The van der Waals surface area contributed by atoms with Gasteiger partial charge in [0, 0.05) is 4.88 Å². The van der Waals surface area contributed by atoms with Crippen molar-refractivity contribution in [1.29, 1.82) is 0 Å². The molecule has 1 aliphatic rings. The first-order valence-electron chi connectivity index (χ1n) is 5.38. The van der Waals surface area contributed by atoms with E-state index in [4.69, 9.17) is 10.2 Å². The largest absolute Gasteiger partial charge is 0.480 e. The number of nitrogens with one attached hydrogen (secondary N) is 1. The number of amides is 1. The van der Waals surface area contributed by atoms with Crippen molar-refractivity contribution in [3.63, 3.8) is 0 Å². The van der Waals surface area contributed by atoms with Gasteiger partial charge < -0.3 is 15.5 Å². The molecule has 1 aliphatic carbocycles. The normalized spacial score (nSPS) is 15.4. The maximum Gasteiger partial charge on any atom is 0.328 e. The van der Waals surface area contributed by atoms with Gasteiger partial charge in [-0.15, -0.1) is 11.3 Å². The van der Waals surface area contributed by atoms with E-state index >= 15 is 0 Å². The fourth-order valence-electron chi connectivity index (χ4n) is 1.86. The monoisotopic (exact) mass is 255 g/mol. The van der Waals surface area contributed by atoms with Crippen LogP contribution in [0.2, 0.25) is 0 Å². The lowest BCUT2D eigenvalue weighted by Crippen LogP contribution is -2.43. The van der Waals surface area contributed by atoms with Crippen molar-refractivity contribution in [3.8, 4) is 0 Å². The molecule has 2 rings (SSSR count). The topological polar surface area (TPSA) is 86.6 Å². The molecule has 0 saturated heterocycles. The highest BCUT2D eigenvalue weighted by Gasteiger charge is 2.23. The van der Waals surface area contributed by atoms with Gasteiger partial charge in [-0.2, -0.15) is 0 Å². The highest BCUT2D eigenvalue weighted by Crippen LogP contribution is 2.30. The Kier molecular flexibility index (Phi) is 3.44. The highest BCUT2D eigenvalue weighted by atomic mass is 32.1. The molecule has 0 saturated carbocycles. The number of hydrogen-bond donors (Lipinski definition) is 3. The van der Waals surface area contributed by atoms with E-state index in [-0.39, 0.29) is 0 Å². The summed E-state index contributed by atoms with van der Waals surface area (Å²) < 4.78 is 0. The van der Waals surface area contributed by atoms with Gasteiger partial charge in [0.05, 0.1) is 11.5 Å². The Morgan fingerprint density at radius 3 is 2.82 bits per heavy atom. The van der Waals surface area contributed by atoms with Gasteiger partial charge in [-0.05, 0) is 30.9 Å². The first-order chi connectivity index (χ1) is 8.11. The van der Waals surface area contributed by atoms with Crippen molar-refractivity contribution in [3.05, 3.63) is 21.4 Å². The summed E-state index contributed by atoms with van der Waals surface area (Å²) in [6.45, 7) is -0.605. The molecule has 6 heteroatoms. The highest BCUT2D eigenvalue weighted by molar-refractivity contribution is 7.14. The number of carbonyl (C=O) groups excluding carboxylic acids is 1. The standard InChI is InChI=1S/C11H13NO4S/c13-5-7(11(15)16)12-10(14)9-4-6-2-1-3-8(6)17-9/h4,7,13H,1-3,5H2,(H,12,14)(H,15,16). The van der Waals surface area contributed by atoms with Crippen LogP contribution >= 0.6 is 11.3 Å². The first kappa shape index (κ1) is 12.1. The van der Waals surface area contributed by atoms with Gasteiger partial charge in [-0.3, -0.25) is 4.79 Å². The fourth-order valence-corrected chi connectivity index (χ4v) is 3.01. The zero-order chi connectivity index (χ0) is 12.4. The van der Waals surface area contributed by atoms with Crippen molar-refractivity contribution in [1.82, 2.24) is 5.32 Å². The van der Waals surface area contributed by atoms with Crippen LogP contribution in [0.3, 0.4) is 0 Å². The molecule has 0 bridgehead atoms. The second kappa shape index (κ2) is 4.85. The fraction of sp³-hybridized carbons (Fsp3) is 0.455. The maximum atomic E-state index is 11.7. The molecule has 0 radical (unpaired) electrons. The molecule has 1 heterocycles. The Balaban J connectivity index is 2.06. The van der Waals surface area contributed by atoms with E-state index in [0.29, 0.717) is 4.88 Å². The molecule has 1 atom stereocenters. The van der Waals surface area contributed by atoms with Crippen LogP contribution in [-0.4, -0.2) is 34.7 Å². The van der Waals surface area contributed by atoms with Crippen LogP contribution in [0.1, 0.15) is 26.5 Å². The van der Waals surface area contributed by atoms with Crippen molar-refractivity contribution in [2.24, 2.45) is 0 Å². The van der Waals surface area contributed by atoms with Crippen LogP contribution in [0, 0.1) is 0 Å².